The molecule has 1 aromatic rings. The molecule has 21 heavy (non-hydrogen) atoms. The van der Waals surface area contributed by atoms with Gasteiger partial charge in [-0.25, -0.2) is 0 Å². The summed E-state index contributed by atoms with van der Waals surface area (Å²) >= 11 is 0. The molecule has 2 rings (SSSR count). The Morgan fingerprint density at radius 1 is 1.38 bits per heavy atom. The Morgan fingerprint density at radius 3 is 2.71 bits per heavy atom. The van der Waals surface area contributed by atoms with E-state index in [4.69, 9.17) is 15.2 Å². The Balaban J connectivity index is 1.86. The average molecular weight is 292 g/mol. The van der Waals surface area contributed by atoms with E-state index in [1.807, 2.05) is 38.1 Å². The lowest BCUT2D eigenvalue weighted by atomic mass is 10.0. The first-order valence-electron chi connectivity index (χ1n) is 7.35. The van der Waals surface area contributed by atoms with E-state index in [9.17, 15) is 4.79 Å². The number of carbonyl (C=O) groups is 1. The summed E-state index contributed by atoms with van der Waals surface area (Å²) < 4.78 is 11.5. The van der Waals surface area contributed by atoms with Gasteiger partial charge in [-0.2, -0.15) is 0 Å². The van der Waals surface area contributed by atoms with E-state index in [0.717, 1.165) is 11.5 Å². The van der Waals surface area contributed by atoms with E-state index in [1.54, 1.807) is 11.9 Å². The van der Waals surface area contributed by atoms with Gasteiger partial charge in [0.05, 0.1) is 6.54 Å². The maximum atomic E-state index is 12.1. The van der Waals surface area contributed by atoms with Crippen LogP contribution in [0.5, 0.6) is 11.5 Å². The van der Waals surface area contributed by atoms with E-state index in [1.165, 1.54) is 0 Å². The molecule has 116 valence electrons. The lowest BCUT2D eigenvalue weighted by Crippen LogP contribution is -2.43. The van der Waals surface area contributed by atoms with Crippen molar-refractivity contribution in [1.82, 2.24) is 4.90 Å². The second-order valence-electron chi connectivity index (χ2n) is 5.88. The highest BCUT2D eigenvalue weighted by molar-refractivity contribution is 5.76. The van der Waals surface area contributed by atoms with Crippen molar-refractivity contribution in [3.8, 4) is 11.5 Å². The van der Waals surface area contributed by atoms with Gasteiger partial charge in [0.15, 0.2) is 17.6 Å². The molecule has 2 atom stereocenters. The van der Waals surface area contributed by atoms with Gasteiger partial charge in [0.2, 0.25) is 5.91 Å². The van der Waals surface area contributed by atoms with E-state index in [-0.39, 0.29) is 18.1 Å². The summed E-state index contributed by atoms with van der Waals surface area (Å²) in [6, 6.07) is 7.45. The number of benzene rings is 1. The Hall–Kier alpha value is -1.75. The van der Waals surface area contributed by atoms with Crippen LogP contribution in [0.2, 0.25) is 0 Å². The van der Waals surface area contributed by atoms with Crippen molar-refractivity contribution >= 4 is 5.91 Å². The van der Waals surface area contributed by atoms with Gasteiger partial charge in [0.1, 0.15) is 6.61 Å². The van der Waals surface area contributed by atoms with Crippen LogP contribution in [0.25, 0.3) is 0 Å². The molecule has 0 aliphatic carbocycles. The van der Waals surface area contributed by atoms with Crippen LogP contribution in [0.3, 0.4) is 0 Å². The van der Waals surface area contributed by atoms with Crippen LogP contribution >= 0.6 is 0 Å². The molecule has 0 saturated carbocycles. The van der Waals surface area contributed by atoms with Crippen LogP contribution in [0.4, 0.5) is 0 Å². The molecule has 1 heterocycles. The summed E-state index contributed by atoms with van der Waals surface area (Å²) in [4.78, 5) is 13.8. The summed E-state index contributed by atoms with van der Waals surface area (Å²) in [5, 5.41) is 0. The summed E-state index contributed by atoms with van der Waals surface area (Å²) in [5.41, 5.74) is 5.95. The summed E-state index contributed by atoms with van der Waals surface area (Å²) in [5.74, 6) is 1.82. The fourth-order valence-corrected chi connectivity index (χ4v) is 2.15. The number of ether oxygens (including phenoxy) is 2. The number of hydrogen-bond acceptors (Lipinski definition) is 4. The molecule has 0 radical (unpaired) electrons. The van der Waals surface area contributed by atoms with Gasteiger partial charge in [-0.1, -0.05) is 26.0 Å². The number of amides is 1. The van der Waals surface area contributed by atoms with Crippen molar-refractivity contribution in [3.05, 3.63) is 24.3 Å². The van der Waals surface area contributed by atoms with E-state index < -0.39 is 0 Å². The molecule has 1 aliphatic heterocycles. The van der Waals surface area contributed by atoms with Gasteiger partial charge in [-0.3, -0.25) is 4.79 Å². The number of nitrogens with two attached hydrogens (primary N) is 1. The Labute approximate surface area is 126 Å². The van der Waals surface area contributed by atoms with Crippen LogP contribution in [0, 0.1) is 5.92 Å². The van der Waals surface area contributed by atoms with Crippen molar-refractivity contribution in [2.24, 2.45) is 11.7 Å². The van der Waals surface area contributed by atoms with Crippen LogP contribution in [-0.4, -0.2) is 43.2 Å². The number of hydrogen-bond donors (Lipinski definition) is 1. The van der Waals surface area contributed by atoms with Crippen LogP contribution in [0.1, 0.15) is 20.3 Å². The van der Waals surface area contributed by atoms with Crippen LogP contribution in [-0.2, 0) is 4.79 Å². The molecule has 2 unspecified atom stereocenters. The molecule has 1 aliphatic rings. The van der Waals surface area contributed by atoms with Crippen LogP contribution in [0.15, 0.2) is 24.3 Å². The van der Waals surface area contributed by atoms with E-state index in [0.29, 0.717) is 25.5 Å². The van der Waals surface area contributed by atoms with Gasteiger partial charge in [-0.05, 0) is 18.1 Å². The summed E-state index contributed by atoms with van der Waals surface area (Å²) in [6.45, 7) is 4.99. The molecule has 0 spiro atoms. The predicted octanol–water partition coefficient (Wildman–Crippen LogP) is 1.66. The zero-order valence-electron chi connectivity index (χ0n) is 12.9. The topological polar surface area (TPSA) is 64.8 Å². The summed E-state index contributed by atoms with van der Waals surface area (Å²) in [6.07, 6.45) is 0.210. The first-order valence-corrected chi connectivity index (χ1v) is 7.35. The molecule has 5 heteroatoms. The fourth-order valence-electron chi connectivity index (χ4n) is 2.15. The zero-order valence-corrected chi connectivity index (χ0v) is 12.9. The second-order valence-corrected chi connectivity index (χ2v) is 5.88. The fraction of sp³-hybridized carbons (Fsp3) is 0.562. The van der Waals surface area contributed by atoms with E-state index >= 15 is 0 Å². The van der Waals surface area contributed by atoms with Crippen LogP contribution < -0.4 is 15.2 Å². The average Bonchev–Trinajstić information content (AvgIpc) is 2.46. The van der Waals surface area contributed by atoms with Gasteiger partial charge < -0.3 is 20.1 Å². The molecule has 0 fully saturated rings. The SMILES string of the molecule is CC(C)C(N)CC(=O)N(C)CC1COc2ccccc2O1. The van der Waals surface area contributed by atoms with Gasteiger partial charge in [0, 0.05) is 19.5 Å². The van der Waals surface area contributed by atoms with Crippen molar-refractivity contribution in [2.75, 3.05) is 20.2 Å². The maximum Gasteiger partial charge on any atom is 0.224 e. The highest BCUT2D eigenvalue weighted by Crippen LogP contribution is 2.30. The smallest absolute Gasteiger partial charge is 0.224 e. The standard InChI is InChI=1S/C16H24N2O3/c1-11(2)13(17)8-16(19)18(3)9-12-10-20-14-6-4-5-7-15(14)21-12/h4-7,11-13H,8-10,17H2,1-3H3. The predicted molar refractivity (Wildman–Crippen MR) is 81.4 cm³/mol. The second kappa shape index (κ2) is 6.80. The zero-order chi connectivity index (χ0) is 15.4. The number of carbonyl (C=O) groups excluding carboxylic acids is 1. The third-order valence-corrected chi connectivity index (χ3v) is 3.74. The van der Waals surface area contributed by atoms with Crippen molar-refractivity contribution in [3.63, 3.8) is 0 Å². The Morgan fingerprint density at radius 2 is 2.05 bits per heavy atom. The van der Waals surface area contributed by atoms with Crippen molar-refractivity contribution < 1.29 is 14.3 Å². The monoisotopic (exact) mass is 292 g/mol. The molecule has 1 amide bonds. The molecule has 0 aromatic heterocycles. The largest absolute Gasteiger partial charge is 0.486 e. The first-order chi connectivity index (χ1) is 9.97. The lowest BCUT2D eigenvalue weighted by molar-refractivity contribution is -0.131. The van der Waals surface area contributed by atoms with Gasteiger partial charge in [-0.15, -0.1) is 0 Å². The normalized spacial score (nSPS) is 18.4. The molecular weight excluding hydrogens is 268 g/mol. The van der Waals surface area contributed by atoms with Crippen molar-refractivity contribution in [2.45, 2.75) is 32.4 Å². The number of fused-ring (bicyclic) bond motifs is 1. The molecule has 5 nitrogen and oxygen atoms in total. The Kier molecular flexibility index (Phi) is 5.07. The molecule has 0 bridgehead atoms. The minimum absolute atomic E-state index is 0.0404. The van der Waals surface area contributed by atoms with Crippen molar-refractivity contribution in [1.29, 1.82) is 0 Å². The number of rotatable bonds is 5. The third kappa shape index (κ3) is 4.11. The molecule has 1 aromatic carbocycles. The Bertz CT molecular complexity index is 490. The lowest BCUT2D eigenvalue weighted by Gasteiger charge is -2.30. The highest BCUT2D eigenvalue weighted by atomic mass is 16.6. The number of likely N-dealkylation sites (N-methyl/N-ethyl adjacent to an activating group) is 1. The van der Waals surface area contributed by atoms with E-state index in [2.05, 4.69) is 0 Å². The number of nitrogens with zero attached hydrogens (tertiary/aromatic N) is 1. The molecule has 0 saturated heterocycles. The minimum Gasteiger partial charge on any atom is -0.486 e. The molecular formula is C16H24N2O3. The highest BCUT2D eigenvalue weighted by Gasteiger charge is 2.24. The first kappa shape index (κ1) is 15.6. The maximum absolute atomic E-state index is 12.1. The summed E-state index contributed by atoms with van der Waals surface area (Å²) in [7, 11) is 1.78. The van der Waals surface area contributed by atoms with Gasteiger partial charge >= 0.3 is 0 Å². The van der Waals surface area contributed by atoms with Gasteiger partial charge in [0.25, 0.3) is 0 Å². The third-order valence-electron chi connectivity index (χ3n) is 3.74. The molecule has 2 N–H and O–H groups in total. The quantitative estimate of drug-likeness (QED) is 0.896. The number of para-hydroxylation sites is 2. The minimum atomic E-state index is -0.149.